The van der Waals surface area contributed by atoms with Gasteiger partial charge in [-0.25, -0.2) is 0 Å². The molecular formula is C14H20N2O3. The zero-order valence-corrected chi connectivity index (χ0v) is 11.5. The summed E-state index contributed by atoms with van der Waals surface area (Å²) in [4.78, 5) is 25.6. The zero-order valence-electron chi connectivity index (χ0n) is 11.5. The second-order valence-corrected chi connectivity index (χ2v) is 5.14. The maximum Gasteiger partial charge on any atom is 0.287 e. The van der Waals surface area contributed by atoms with Crippen molar-refractivity contribution in [3.05, 3.63) is 23.2 Å². The fourth-order valence-corrected chi connectivity index (χ4v) is 2.19. The Balaban J connectivity index is 1.91. The van der Waals surface area contributed by atoms with Gasteiger partial charge in [0.25, 0.3) is 5.91 Å². The van der Waals surface area contributed by atoms with Crippen LogP contribution < -0.4 is 5.32 Å². The molecule has 19 heavy (non-hydrogen) atoms. The second kappa shape index (κ2) is 6.02. The number of ketones is 1. The first-order valence-corrected chi connectivity index (χ1v) is 6.67. The van der Waals surface area contributed by atoms with E-state index in [4.69, 9.17) is 4.42 Å². The lowest BCUT2D eigenvalue weighted by molar-refractivity contribution is 0.0919. The maximum absolute atomic E-state index is 11.9. The summed E-state index contributed by atoms with van der Waals surface area (Å²) >= 11 is 0. The van der Waals surface area contributed by atoms with E-state index < -0.39 is 0 Å². The highest BCUT2D eigenvalue weighted by Gasteiger charge is 2.24. The smallest absolute Gasteiger partial charge is 0.287 e. The Kier molecular flexibility index (Phi) is 4.37. The summed E-state index contributed by atoms with van der Waals surface area (Å²) in [6, 6.07) is 1.58. The summed E-state index contributed by atoms with van der Waals surface area (Å²) < 4.78 is 5.47. The number of nitrogens with one attached hydrogen (secondary N) is 1. The summed E-state index contributed by atoms with van der Waals surface area (Å²) in [6.45, 7) is 1.53. The summed E-state index contributed by atoms with van der Waals surface area (Å²) in [5, 5.41) is 2.81. The van der Waals surface area contributed by atoms with Crippen LogP contribution >= 0.6 is 0 Å². The Morgan fingerprint density at radius 3 is 2.89 bits per heavy atom. The molecule has 0 radical (unpaired) electrons. The first-order valence-electron chi connectivity index (χ1n) is 6.67. The lowest BCUT2D eigenvalue weighted by Crippen LogP contribution is -2.26. The normalized spacial score (nSPS) is 14.6. The summed E-state index contributed by atoms with van der Waals surface area (Å²) in [5.41, 5.74) is 0.588. The van der Waals surface area contributed by atoms with Gasteiger partial charge in [0, 0.05) is 25.5 Å². The average molecular weight is 264 g/mol. The van der Waals surface area contributed by atoms with Crippen LogP contribution in [0.15, 0.2) is 10.5 Å². The van der Waals surface area contributed by atoms with Gasteiger partial charge < -0.3 is 14.6 Å². The number of carbonyl (C=O) groups is 2. The van der Waals surface area contributed by atoms with Crippen LogP contribution in [-0.4, -0.2) is 43.8 Å². The first kappa shape index (κ1) is 13.8. The van der Waals surface area contributed by atoms with Crippen molar-refractivity contribution in [3.63, 3.8) is 0 Å². The summed E-state index contributed by atoms with van der Waals surface area (Å²) in [5.74, 6) is 0.761. The van der Waals surface area contributed by atoms with E-state index in [1.807, 2.05) is 14.1 Å². The number of carbonyl (C=O) groups excluding carboxylic acids is 2. The van der Waals surface area contributed by atoms with Crippen LogP contribution in [0, 0.1) is 0 Å². The van der Waals surface area contributed by atoms with Crippen LogP contribution in [0.25, 0.3) is 0 Å². The predicted molar refractivity (Wildman–Crippen MR) is 71.5 cm³/mol. The molecule has 0 spiro atoms. The third-order valence-corrected chi connectivity index (χ3v) is 3.21. The van der Waals surface area contributed by atoms with Crippen molar-refractivity contribution in [2.45, 2.75) is 25.7 Å². The second-order valence-electron chi connectivity index (χ2n) is 5.14. The predicted octanol–water partition coefficient (Wildman–Crippen LogP) is 1.48. The molecule has 0 aliphatic heterocycles. The Morgan fingerprint density at radius 1 is 1.42 bits per heavy atom. The van der Waals surface area contributed by atoms with Gasteiger partial charge >= 0.3 is 0 Å². The highest BCUT2D eigenvalue weighted by Crippen LogP contribution is 2.24. The van der Waals surface area contributed by atoms with E-state index in [-0.39, 0.29) is 17.5 Å². The van der Waals surface area contributed by atoms with Gasteiger partial charge in [0.2, 0.25) is 0 Å². The fourth-order valence-electron chi connectivity index (χ4n) is 2.19. The molecular weight excluding hydrogens is 244 g/mol. The molecule has 1 N–H and O–H groups in total. The Bertz CT molecular complexity index is 477. The Hall–Kier alpha value is -1.62. The minimum atomic E-state index is -0.235. The van der Waals surface area contributed by atoms with E-state index >= 15 is 0 Å². The maximum atomic E-state index is 11.9. The van der Waals surface area contributed by atoms with E-state index in [0.717, 1.165) is 25.8 Å². The molecule has 1 aromatic heterocycles. The molecule has 0 atom stereocenters. The van der Waals surface area contributed by atoms with Gasteiger partial charge in [-0.3, -0.25) is 9.59 Å². The molecule has 1 aromatic rings. The lowest BCUT2D eigenvalue weighted by atomic mass is 9.97. The molecule has 0 saturated carbocycles. The lowest BCUT2D eigenvalue weighted by Gasteiger charge is -2.09. The van der Waals surface area contributed by atoms with Crippen molar-refractivity contribution >= 4 is 11.7 Å². The van der Waals surface area contributed by atoms with Gasteiger partial charge in [0.1, 0.15) is 5.76 Å². The number of furan rings is 1. The van der Waals surface area contributed by atoms with Crippen LogP contribution in [0.1, 0.15) is 45.9 Å². The molecule has 1 heterocycles. The van der Waals surface area contributed by atoms with Gasteiger partial charge in [0.05, 0.1) is 5.56 Å². The molecule has 0 saturated heterocycles. The standard InChI is InChI=1S/C14H20N2O3/c1-16(2)8-4-7-15-14(18)13-9-10-11(17)5-3-6-12(10)19-13/h9H,3-8H2,1-2H3,(H,15,18). The van der Waals surface area contributed by atoms with E-state index in [1.165, 1.54) is 0 Å². The average Bonchev–Trinajstić information content (AvgIpc) is 2.79. The number of amides is 1. The monoisotopic (exact) mass is 264 g/mol. The third kappa shape index (κ3) is 3.44. The number of aryl methyl sites for hydroxylation is 1. The number of hydrogen-bond acceptors (Lipinski definition) is 4. The summed E-state index contributed by atoms with van der Waals surface area (Å²) in [7, 11) is 3.99. The van der Waals surface area contributed by atoms with E-state index in [0.29, 0.717) is 24.3 Å². The molecule has 0 fully saturated rings. The highest BCUT2D eigenvalue weighted by molar-refractivity contribution is 6.01. The van der Waals surface area contributed by atoms with Crippen LogP contribution in [0.4, 0.5) is 0 Å². The van der Waals surface area contributed by atoms with Crippen molar-refractivity contribution < 1.29 is 14.0 Å². The molecule has 0 bridgehead atoms. The Labute approximate surface area is 113 Å². The minimum Gasteiger partial charge on any atom is -0.455 e. The van der Waals surface area contributed by atoms with Crippen LogP contribution in [0.3, 0.4) is 0 Å². The van der Waals surface area contributed by atoms with Gasteiger partial charge in [-0.2, -0.15) is 0 Å². The highest BCUT2D eigenvalue weighted by atomic mass is 16.4. The zero-order chi connectivity index (χ0) is 13.8. The van der Waals surface area contributed by atoms with Crippen LogP contribution in [0.5, 0.6) is 0 Å². The Morgan fingerprint density at radius 2 is 2.21 bits per heavy atom. The topological polar surface area (TPSA) is 62.6 Å². The van der Waals surface area contributed by atoms with Crippen molar-refractivity contribution in [2.75, 3.05) is 27.2 Å². The summed E-state index contributed by atoms with van der Waals surface area (Å²) in [6.07, 6.45) is 2.99. The molecule has 5 nitrogen and oxygen atoms in total. The molecule has 0 unspecified atom stereocenters. The van der Waals surface area contributed by atoms with Gasteiger partial charge in [-0.1, -0.05) is 0 Å². The molecule has 1 aliphatic rings. The third-order valence-electron chi connectivity index (χ3n) is 3.21. The number of fused-ring (bicyclic) bond motifs is 1. The molecule has 1 amide bonds. The fraction of sp³-hybridized carbons (Fsp3) is 0.571. The molecule has 104 valence electrons. The van der Waals surface area contributed by atoms with Crippen molar-refractivity contribution in [1.82, 2.24) is 10.2 Å². The molecule has 0 aromatic carbocycles. The molecule has 1 aliphatic carbocycles. The largest absolute Gasteiger partial charge is 0.455 e. The quantitative estimate of drug-likeness (QED) is 0.818. The van der Waals surface area contributed by atoms with Crippen LogP contribution in [0.2, 0.25) is 0 Å². The molecule has 5 heteroatoms. The van der Waals surface area contributed by atoms with E-state index in [1.54, 1.807) is 6.07 Å². The SMILES string of the molecule is CN(C)CCCNC(=O)c1cc2c(o1)CCCC2=O. The van der Waals surface area contributed by atoms with Crippen molar-refractivity contribution in [1.29, 1.82) is 0 Å². The van der Waals surface area contributed by atoms with Gasteiger partial charge in [-0.05, 0) is 33.5 Å². The van der Waals surface area contributed by atoms with Gasteiger partial charge in [-0.15, -0.1) is 0 Å². The molecule has 2 rings (SSSR count). The minimum absolute atomic E-state index is 0.0802. The van der Waals surface area contributed by atoms with Crippen molar-refractivity contribution in [2.24, 2.45) is 0 Å². The number of nitrogens with zero attached hydrogens (tertiary/aromatic N) is 1. The van der Waals surface area contributed by atoms with Crippen LogP contribution in [-0.2, 0) is 6.42 Å². The number of hydrogen-bond donors (Lipinski definition) is 1. The van der Waals surface area contributed by atoms with Gasteiger partial charge in [0.15, 0.2) is 11.5 Å². The number of rotatable bonds is 5. The first-order chi connectivity index (χ1) is 9.08. The van der Waals surface area contributed by atoms with E-state index in [2.05, 4.69) is 10.2 Å². The number of Topliss-reactive ketones (excluding diaryl/α,β-unsaturated/α-hetero) is 1. The van der Waals surface area contributed by atoms with Crippen molar-refractivity contribution in [3.8, 4) is 0 Å². The van der Waals surface area contributed by atoms with E-state index in [9.17, 15) is 9.59 Å².